The molecule has 0 bridgehead atoms. The van der Waals surface area contributed by atoms with Crippen LogP contribution in [0.4, 0.5) is 0 Å². The first-order valence-electron chi connectivity index (χ1n) is 8.52. The highest BCUT2D eigenvalue weighted by Gasteiger charge is 2.29. The maximum Gasteiger partial charge on any atom is 0.166 e. The maximum atomic E-state index is 3.55. The fraction of sp³-hybridized carbons (Fsp3) is 0.217. The van der Waals surface area contributed by atoms with Crippen LogP contribution in [0.3, 0.4) is 0 Å². The van der Waals surface area contributed by atoms with Crippen molar-refractivity contribution in [1.82, 2.24) is 0 Å². The van der Waals surface area contributed by atoms with Crippen LogP contribution in [0.15, 0.2) is 92.0 Å². The van der Waals surface area contributed by atoms with E-state index in [4.69, 9.17) is 0 Å². The average molecular weight is 412 g/mol. The molecule has 0 N–H and O–H groups in total. The first kappa shape index (κ1) is 18.3. The molecule has 0 aliphatic carbocycles. The molecule has 0 aliphatic rings. The molecule has 1 unspecified atom stereocenters. The molecular weight excluding hydrogens is 388 g/mol. The zero-order valence-electron chi connectivity index (χ0n) is 15.2. The van der Waals surface area contributed by atoms with Gasteiger partial charge in [-0.25, -0.2) is 0 Å². The van der Waals surface area contributed by atoms with Crippen molar-refractivity contribution < 1.29 is 0 Å². The van der Waals surface area contributed by atoms with Crippen LogP contribution >= 0.6 is 15.9 Å². The highest BCUT2D eigenvalue weighted by Crippen LogP contribution is 2.33. The van der Waals surface area contributed by atoms with Gasteiger partial charge in [0.1, 0.15) is 0 Å². The summed E-state index contributed by atoms with van der Waals surface area (Å²) in [6, 6.07) is 26.8. The number of hydrogen-bond acceptors (Lipinski definition) is 0. The van der Waals surface area contributed by atoms with E-state index in [0.717, 1.165) is 4.47 Å². The van der Waals surface area contributed by atoms with E-state index in [-0.39, 0.29) is 16.3 Å². The lowest BCUT2D eigenvalue weighted by Crippen LogP contribution is -2.11. The third-order valence-corrected chi connectivity index (χ3v) is 7.02. The first-order chi connectivity index (χ1) is 11.8. The SMILES string of the molecule is Cc1ccc([S+](c2ccc(Br)cc2)c2ccc(C(C)(C)C)cc2)cc1. The zero-order chi connectivity index (χ0) is 18.0. The fourth-order valence-corrected chi connectivity index (χ4v) is 5.05. The van der Waals surface area contributed by atoms with E-state index in [9.17, 15) is 0 Å². The Morgan fingerprint density at radius 2 is 1.04 bits per heavy atom. The zero-order valence-corrected chi connectivity index (χ0v) is 17.6. The maximum absolute atomic E-state index is 3.55. The van der Waals surface area contributed by atoms with E-state index >= 15 is 0 Å². The van der Waals surface area contributed by atoms with Crippen LogP contribution < -0.4 is 0 Å². The lowest BCUT2D eigenvalue weighted by atomic mass is 9.87. The second kappa shape index (κ2) is 7.39. The molecule has 0 radical (unpaired) electrons. The molecule has 25 heavy (non-hydrogen) atoms. The molecular formula is C23H24BrS+. The Morgan fingerprint density at radius 3 is 1.48 bits per heavy atom. The normalized spacial score (nSPS) is 12.8. The van der Waals surface area contributed by atoms with Crippen molar-refractivity contribution >= 4 is 26.8 Å². The van der Waals surface area contributed by atoms with E-state index in [1.54, 1.807) is 0 Å². The summed E-state index contributed by atoms with van der Waals surface area (Å²) in [5.41, 5.74) is 2.85. The second-order valence-corrected chi connectivity index (χ2v) is 10.3. The molecule has 1 atom stereocenters. The summed E-state index contributed by atoms with van der Waals surface area (Å²) in [6.45, 7) is 8.92. The Labute approximate surface area is 162 Å². The Balaban J connectivity index is 2.07. The van der Waals surface area contributed by atoms with Crippen molar-refractivity contribution in [3.8, 4) is 0 Å². The monoisotopic (exact) mass is 411 g/mol. The van der Waals surface area contributed by atoms with Crippen LogP contribution in [-0.4, -0.2) is 0 Å². The molecule has 0 fully saturated rings. The van der Waals surface area contributed by atoms with Gasteiger partial charge in [0, 0.05) is 4.47 Å². The van der Waals surface area contributed by atoms with Gasteiger partial charge in [-0.1, -0.05) is 66.5 Å². The van der Waals surface area contributed by atoms with Crippen molar-refractivity contribution in [3.05, 3.63) is 88.4 Å². The minimum atomic E-state index is -0.0871. The Bertz CT molecular complexity index is 780. The third-order valence-electron chi connectivity index (χ3n) is 4.26. The van der Waals surface area contributed by atoms with Crippen LogP contribution in [-0.2, 0) is 16.3 Å². The summed E-state index contributed by atoms with van der Waals surface area (Å²) in [5, 5.41) is 0. The predicted molar refractivity (Wildman–Crippen MR) is 113 cm³/mol. The molecule has 128 valence electrons. The van der Waals surface area contributed by atoms with Crippen molar-refractivity contribution in [3.63, 3.8) is 0 Å². The van der Waals surface area contributed by atoms with E-state index in [0.29, 0.717) is 0 Å². The highest BCUT2D eigenvalue weighted by molar-refractivity contribution is 9.10. The molecule has 0 aliphatic heterocycles. The molecule has 0 amide bonds. The van der Waals surface area contributed by atoms with Crippen LogP contribution in [0.5, 0.6) is 0 Å². The Hall–Kier alpha value is -1.51. The molecule has 3 aromatic rings. The van der Waals surface area contributed by atoms with Crippen LogP contribution in [0.25, 0.3) is 0 Å². The molecule has 3 aromatic carbocycles. The number of halogens is 1. The van der Waals surface area contributed by atoms with E-state index < -0.39 is 0 Å². The van der Waals surface area contributed by atoms with Crippen LogP contribution in [0.1, 0.15) is 31.9 Å². The van der Waals surface area contributed by atoms with Crippen molar-refractivity contribution in [2.45, 2.75) is 47.8 Å². The lowest BCUT2D eigenvalue weighted by molar-refractivity contribution is 0.589. The van der Waals surface area contributed by atoms with Gasteiger partial charge in [-0.15, -0.1) is 0 Å². The molecule has 0 saturated heterocycles. The Morgan fingerprint density at radius 1 is 0.640 bits per heavy atom. The molecule has 0 saturated carbocycles. The molecule has 3 rings (SSSR count). The smallest absolute Gasteiger partial charge is 0.0561 e. The van der Waals surface area contributed by atoms with Gasteiger partial charge in [0.05, 0.1) is 10.9 Å². The number of rotatable bonds is 3. The van der Waals surface area contributed by atoms with E-state index in [1.165, 1.54) is 25.8 Å². The summed E-state index contributed by atoms with van der Waals surface area (Å²) < 4.78 is 1.12. The predicted octanol–water partition coefficient (Wildman–Crippen LogP) is 7.15. The van der Waals surface area contributed by atoms with Crippen LogP contribution in [0.2, 0.25) is 0 Å². The minimum Gasteiger partial charge on any atom is -0.0561 e. The topological polar surface area (TPSA) is 0 Å². The highest BCUT2D eigenvalue weighted by atomic mass is 79.9. The third kappa shape index (κ3) is 4.37. The van der Waals surface area contributed by atoms with Crippen molar-refractivity contribution in [1.29, 1.82) is 0 Å². The van der Waals surface area contributed by atoms with Gasteiger partial charge in [0.25, 0.3) is 0 Å². The fourth-order valence-electron chi connectivity index (χ4n) is 2.74. The number of aryl methyl sites for hydroxylation is 1. The molecule has 2 heteroatoms. The average Bonchev–Trinajstić information content (AvgIpc) is 2.58. The largest absolute Gasteiger partial charge is 0.166 e. The van der Waals surface area contributed by atoms with Gasteiger partial charge in [-0.3, -0.25) is 0 Å². The lowest BCUT2D eigenvalue weighted by Gasteiger charge is -2.19. The van der Waals surface area contributed by atoms with E-state index in [1.807, 2.05) is 0 Å². The van der Waals surface area contributed by atoms with Gasteiger partial charge in [0.2, 0.25) is 0 Å². The van der Waals surface area contributed by atoms with Gasteiger partial charge in [-0.2, -0.15) is 0 Å². The molecule has 0 nitrogen and oxygen atoms in total. The minimum absolute atomic E-state index is 0.0871. The van der Waals surface area contributed by atoms with E-state index in [2.05, 4.69) is 116 Å². The van der Waals surface area contributed by atoms with Gasteiger partial charge in [0.15, 0.2) is 14.7 Å². The summed E-state index contributed by atoms with van der Waals surface area (Å²) in [7, 11) is -0.0871. The first-order valence-corrected chi connectivity index (χ1v) is 10.5. The molecule has 0 heterocycles. The quantitative estimate of drug-likeness (QED) is 0.401. The number of benzene rings is 3. The van der Waals surface area contributed by atoms with Gasteiger partial charge < -0.3 is 0 Å². The van der Waals surface area contributed by atoms with Crippen molar-refractivity contribution in [2.75, 3.05) is 0 Å². The number of hydrogen-bond donors (Lipinski definition) is 0. The van der Waals surface area contributed by atoms with Gasteiger partial charge in [-0.05, 0) is 66.4 Å². The second-order valence-electron chi connectivity index (χ2n) is 7.35. The van der Waals surface area contributed by atoms with Crippen LogP contribution in [0, 0.1) is 6.92 Å². The standard InChI is InChI=1S/C23H24BrS/c1-17-5-11-20(12-6-17)25(22-15-9-19(24)10-16-22)21-13-7-18(8-14-21)23(2,3)4/h5-16H,1-4H3/q+1. The summed E-state index contributed by atoms with van der Waals surface area (Å²) in [6.07, 6.45) is 0. The Kier molecular flexibility index (Phi) is 5.41. The molecule has 0 aromatic heterocycles. The van der Waals surface area contributed by atoms with Gasteiger partial charge >= 0.3 is 0 Å². The molecule has 0 spiro atoms. The van der Waals surface area contributed by atoms with Crippen molar-refractivity contribution in [2.24, 2.45) is 0 Å². The summed E-state index contributed by atoms with van der Waals surface area (Å²) >= 11 is 3.55. The summed E-state index contributed by atoms with van der Waals surface area (Å²) in [4.78, 5) is 4.06. The summed E-state index contributed by atoms with van der Waals surface area (Å²) in [5.74, 6) is 0.